The van der Waals surface area contributed by atoms with Crippen LogP contribution in [0.25, 0.3) is 0 Å². The fraction of sp³-hybridized carbons (Fsp3) is 0.533. The first-order chi connectivity index (χ1) is 9.47. The summed E-state index contributed by atoms with van der Waals surface area (Å²) in [6, 6.07) is 7.22. The fourth-order valence-electron chi connectivity index (χ4n) is 2.34. The molecule has 3 unspecified atom stereocenters. The first kappa shape index (κ1) is 15.1. The van der Waals surface area contributed by atoms with Crippen molar-refractivity contribution < 1.29 is 9.90 Å². The highest BCUT2D eigenvalue weighted by atomic mass is 35.5. The van der Waals surface area contributed by atoms with Crippen LogP contribution >= 0.6 is 11.6 Å². The Kier molecular flexibility index (Phi) is 4.89. The maximum atomic E-state index is 12.2. The van der Waals surface area contributed by atoms with Crippen molar-refractivity contribution in [3.8, 4) is 0 Å². The number of benzene rings is 1. The lowest BCUT2D eigenvalue weighted by Gasteiger charge is -2.35. The van der Waals surface area contributed by atoms with Crippen LogP contribution in [-0.4, -0.2) is 35.2 Å². The number of hydrogen-bond acceptors (Lipinski definition) is 2. The summed E-state index contributed by atoms with van der Waals surface area (Å²) >= 11 is 5.85. The standard InChI is InChI=1S/C15H21ClN2O2/c1-10-7-8-18(9-14(10)19)15(20)17-11(2)12-3-5-13(16)6-4-12/h3-6,10-11,14,19H,7-9H2,1-2H3,(H,17,20). The summed E-state index contributed by atoms with van der Waals surface area (Å²) in [5.74, 6) is 0.257. The first-order valence-corrected chi connectivity index (χ1v) is 7.34. The topological polar surface area (TPSA) is 52.6 Å². The minimum absolute atomic E-state index is 0.0868. The summed E-state index contributed by atoms with van der Waals surface area (Å²) in [5.41, 5.74) is 1.01. The molecule has 20 heavy (non-hydrogen) atoms. The predicted octanol–water partition coefficient (Wildman–Crippen LogP) is 2.81. The van der Waals surface area contributed by atoms with E-state index in [-0.39, 0.29) is 18.0 Å². The van der Waals surface area contributed by atoms with E-state index in [0.29, 0.717) is 18.1 Å². The number of hydrogen-bond donors (Lipinski definition) is 2. The van der Waals surface area contributed by atoms with Crippen molar-refractivity contribution in [2.24, 2.45) is 5.92 Å². The summed E-state index contributed by atoms with van der Waals surface area (Å²) in [6.07, 6.45) is 0.407. The van der Waals surface area contributed by atoms with E-state index in [1.807, 2.05) is 38.1 Å². The predicted molar refractivity (Wildman–Crippen MR) is 79.8 cm³/mol. The number of rotatable bonds is 2. The molecular weight excluding hydrogens is 276 g/mol. The smallest absolute Gasteiger partial charge is 0.317 e. The Morgan fingerprint density at radius 3 is 2.70 bits per heavy atom. The van der Waals surface area contributed by atoms with E-state index in [4.69, 9.17) is 11.6 Å². The van der Waals surface area contributed by atoms with E-state index in [1.165, 1.54) is 0 Å². The molecule has 0 spiro atoms. The van der Waals surface area contributed by atoms with Gasteiger partial charge in [0.25, 0.3) is 0 Å². The number of piperidine rings is 1. The van der Waals surface area contributed by atoms with E-state index in [0.717, 1.165) is 12.0 Å². The zero-order valence-electron chi connectivity index (χ0n) is 11.8. The lowest BCUT2D eigenvalue weighted by molar-refractivity contribution is 0.0431. The highest BCUT2D eigenvalue weighted by Crippen LogP contribution is 2.19. The number of urea groups is 1. The molecule has 0 saturated carbocycles. The number of carbonyl (C=O) groups excluding carboxylic acids is 1. The Hall–Kier alpha value is -1.26. The molecule has 2 amide bonds. The average molecular weight is 297 g/mol. The van der Waals surface area contributed by atoms with Gasteiger partial charge in [0.2, 0.25) is 0 Å². The quantitative estimate of drug-likeness (QED) is 0.882. The number of nitrogens with zero attached hydrogens (tertiary/aromatic N) is 1. The van der Waals surface area contributed by atoms with Gasteiger partial charge < -0.3 is 15.3 Å². The van der Waals surface area contributed by atoms with Crippen LogP contribution in [0.1, 0.15) is 31.9 Å². The Morgan fingerprint density at radius 2 is 2.10 bits per heavy atom. The molecule has 5 heteroatoms. The molecule has 1 heterocycles. The molecule has 1 aliphatic heterocycles. The second-order valence-electron chi connectivity index (χ2n) is 5.50. The average Bonchev–Trinajstić information content (AvgIpc) is 2.42. The number of aliphatic hydroxyl groups excluding tert-OH is 1. The molecule has 1 fully saturated rings. The van der Waals surface area contributed by atoms with Gasteiger partial charge in [-0.25, -0.2) is 4.79 Å². The number of aliphatic hydroxyl groups is 1. The van der Waals surface area contributed by atoms with Gasteiger partial charge in [-0.3, -0.25) is 0 Å². The molecule has 110 valence electrons. The molecule has 1 saturated heterocycles. The van der Waals surface area contributed by atoms with Crippen molar-refractivity contribution in [2.75, 3.05) is 13.1 Å². The minimum Gasteiger partial charge on any atom is -0.391 e. The van der Waals surface area contributed by atoms with Gasteiger partial charge in [-0.05, 0) is 37.0 Å². The van der Waals surface area contributed by atoms with Gasteiger partial charge in [0, 0.05) is 18.1 Å². The summed E-state index contributed by atoms with van der Waals surface area (Å²) in [4.78, 5) is 13.9. The monoisotopic (exact) mass is 296 g/mol. The number of carbonyl (C=O) groups is 1. The Bertz CT molecular complexity index is 463. The van der Waals surface area contributed by atoms with E-state index in [1.54, 1.807) is 4.90 Å². The summed E-state index contributed by atoms with van der Waals surface area (Å²) < 4.78 is 0. The first-order valence-electron chi connectivity index (χ1n) is 6.96. The Balaban J connectivity index is 1.92. The van der Waals surface area contributed by atoms with Crippen LogP contribution in [-0.2, 0) is 0 Å². The van der Waals surface area contributed by atoms with Gasteiger partial charge in [0.15, 0.2) is 0 Å². The molecule has 2 rings (SSSR count). The van der Waals surface area contributed by atoms with Gasteiger partial charge in [-0.2, -0.15) is 0 Å². The maximum absolute atomic E-state index is 12.2. The van der Waals surface area contributed by atoms with Gasteiger partial charge in [-0.1, -0.05) is 30.7 Å². The molecule has 1 aromatic carbocycles. The van der Waals surface area contributed by atoms with Crippen molar-refractivity contribution in [3.05, 3.63) is 34.9 Å². The number of β-amino-alcohol motifs (C(OH)–C–C–N with tert-alkyl or cyclic N) is 1. The minimum atomic E-state index is -0.430. The molecule has 0 radical (unpaired) electrons. The second kappa shape index (κ2) is 6.46. The third-order valence-corrected chi connectivity index (χ3v) is 4.17. The highest BCUT2D eigenvalue weighted by Gasteiger charge is 2.27. The van der Waals surface area contributed by atoms with Gasteiger partial charge in [0.05, 0.1) is 12.1 Å². The normalized spacial score (nSPS) is 24.3. The van der Waals surface area contributed by atoms with Gasteiger partial charge >= 0.3 is 6.03 Å². The molecular formula is C15H21ClN2O2. The van der Waals surface area contributed by atoms with E-state index in [9.17, 15) is 9.90 Å². The molecule has 2 N–H and O–H groups in total. The van der Waals surface area contributed by atoms with Crippen LogP contribution in [0.4, 0.5) is 4.79 Å². The van der Waals surface area contributed by atoms with Crippen molar-refractivity contribution in [3.63, 3.8) is 0 Å². The fourth-order valence-corrected chi connectivity index (χ4v) is 2.47. The second-order valence-corrected chi connectivity index (χ2v) is 5.94. The molecule has 1 aliphatic rings. The maximum Gasteiger partial charge on any atom is 0.317 e. The van der Waals surface area contributed by atoms with Crippen LogP contribution < -0.4 is 5.32 Å². The summed E-state index contributed by atoms with van der Waals surface area (Å²) in [6.45, 7) is 5.04. The third-order valence-electron chi connectivity index (χ3n) is 3.92. The van der Waals surface area contributed by atoms with Crippen molar-refractivity contribution >= 4 is 17.6 Å². The zero-order chi connectivity index (χ0) is 14.7. The molecule has 1 aromatic rings. The van der Waals surface area contributed by atoms with Crippen LogP contribution in [0.3, 0.4) is 0 Å². The number of likely N-dealkylation sites (tertiary alicyclic amines) is 1. The number of amides is 2. The Morgan fingerprint density at radius 1 is 1.45 bits per heavy atom. The van der Waals surface area contributed by atoms with Crippen LogP contribution in [0.5, 0.6) is 0 Å². The molecule has 0 bridgehead atoms. The third kappa shape index (κ3) is 3.64. The van der Waals surface area contributed by atoms with Crippen LogP contribution in [0.15, 0.2) is 24.3 Å². The SMILES string of the molecule is CC(NC(=O)N1CCC(C)C(O)C1)c1ccc(Cl)cc1. The molecule has 3 atom stereocenters. The van der Waals surface area contributed by atoms with Crippen molar-refractivity contribution in [1.82, 2.24) is 10.2 Å². The largest absolute Gasteiger partial charge is 0.391 e. The number of nitrogens with one attached hydrogen (secondary N) is 1. The van der Waals surface area contributed by atoms with E-state index < -0.39 is 6.10 Å². The molecule has 4 nitrogen and oxygen atoms in total. The van der Waals surface area contributed by atoms with E-state index in [2.05, 4.69) is 5.32 Å². The molecule has 0 aromatic heterocycles. The van der Waals surface area contributed by atoms with Crippen LogP contribution in [0, 0.1) is 5.92 Å². The van der Waals surface area contributed by atoms with Gasteiger partial charge in [-0.15, -0.1) is 0 Å². The summed E-state index contributed by atoms with van der Waals surface area (Å²) in [7, 11) is 0. The van der Waals surface area contributed by atoms with Gasteiger partial charge in [0.1, 0.15) is 0 Å². The highest BCUT2D eigenvalue weighted by molar-refractivity contribution is 6.30. The molecule has 0 aliphatic carbocycles. The van der Waals surface area contributed by atoms with Crippen LogP contribution in [0.2, 0.25) is 5.02 Å². The van der Waals surface area contributed by atoms with E-state index >= 15 is 0 Å². The number of halogens is 1. The lowest BCUT2D eigenvalue weighted by atomic mass is 9.96. The lowest BCUT2D eigenvalue weighted by Crippen LogP contribution is -2.50. The Labute approximate surface area is 124 Å². The van der Waals surface area contributed by atoms with Crippen molar-refractivity contribution in [2.45, 2.75) is 32.4 Å². The summed E-state index contributed by atoms with van der Waals surface area (Å²) in [5, 5.41) is 13.5. The van der Waals surface area contributed by atoms with Crippen molar-refractivity contribution in [1.29, 1.82) is 0 Å². The zero-order valence-corrected chi connectivity index (χ0v) is 12.6.